The highest BCUT2D eigenvalue weighted by Gasteiger charge is 2.34. The van der Waals surface area contributed by atoms with E-state index in [2.05, 4.69) is 5.32 Å². The van der Waals surface area contributed by atoms with Gasteiger partial charge in [-0.15, -0.1) is 0 Å². The van der Waals surface area contributed by atoms with Crippen LogP contribution in [0.1, 0.15) is 26.2 Å². The third kappa shape index (κ3) is 4.05. The Balaban J connectivity index is 1.96. The summed E-state index contributed by atoms with van der Waals surface area (Å²) in [7, 11) is 0. The molecule has 120 valence electrons. The zero-order valence-electron chi connectivity index (χ0n) is 12.0. The number of carboxylic acids is 1. The molecule has 1 unspecified atom stereocenters. The van der Waals surface area contributed by atoms with Gasteiger partial charge in [0.2, 0.25) is 0 Å². The van der Waals surface area contributed by atoms with E-state index in [1.54, 1.807) is 19.1 Å². The number of carbonyl (C=O) groups is 2. The average molecular weight is 346 g/mol. The molecule has 0 bridgehead atoms. The topological polar surface area (TPSA) is 75.6 Å². The molecular weight excluding hydrogens is 329 g/mol. The number of hydrogen-bond acceptors (Lipinski definition) is 3. The fourth-order valence-corrected chi connectivity index (χ4v) is 3.00. The van der Waals surface area contributed by atoms with Crippen LogP contribution in [0.15, 0.2) is 18.2 Å². The van der Waals surface area contributed by atoms with Crippen molar-refractivity contribution in [3.8, 4) is 5.75 Å². The van der Waals surface area contributed by atoms with Gasteiger partial charge >= 0.3 is 5.97 Å². The van der Waals surface area contributed by atoms with Gasteiger partial charge in [-0.2, -0.15) is 0 Å². The van der Waals surface area contributed by atoms with Gasteiger partial charge in [-0.25, -0.2) is 0 Å². The Labute approximate surface area is 138 Å². The van der Waals surface area contributed by atoms with Crippen LogP contribution in [-0.4, -0.2) is 29.1 Å². The monoisotopic (exact) mass is 345 g/mol. The molecule has 2 rings (SSSR count). The highest BCUT2D eigenvalue weighted by atomic mass is 35.5. The number of benzene rings is 1. The van der Waals surface area contributed by atoms with E-state index in [4.69, 9.17) is 33.0 Å². The quantitative estimate of drug-likeness (QED) is 0.859. The number of amides is 1. The number of carbonyl (C=O) groups excluding carboxylic acids is 1. The maximum Gasteiger partial charge on any atom is 0.308 e. The Morgan fingerprint density at radius 1 is 1.36 bits per heavy atom. The highest BCUT2D eigenvalue weighted by Crippen LogP contribution is 2.29. The normalized spacial score (nSPS) is 22.1. The molecule has 1 aliphatic carbocycles. The number of hydrogen-bond donors (Lipinski definition) is 2. The van der Waals surface area contributed by atoms with E-state index in [1.165, 1.54) is 6.07 Å². The van der Waals surface area contributed by atoms with Crippen molar-refractivity contribution in [3.05, 3.63) is 28.2 Å². The first-order valence-corrected chi connectivity index (χ1v) is 7.79. The van der Waals surface area contributed by atoms with Gasteiger partial charge in [0.05, 0.1) is 10.9 Å². The minimum Gasteiger partial charge on any atom is -0.481 e. The van der Waals surface area contributed by atoms with Gasteiger partial charge in [-0.05, 0) is 38.0 Å². The smallest absolute Gasteiger partial charge is 0.308 e. The number of rotatable bonds is 5. The fourth-order valence-electron chi connectivity index (χ4n) is 2.54. The first-order valence-electron chi connectivity index (χ1n) is 7.03. The average Bonchev–Trinajstić information content (AvgIpc) is 2.90. The summed E-state index contributed by atoms with van der Waals surface area (Å²) in [6, 6.07) is 4.38. The number of halogens is 2. The van der Waals surface area contributed by atoms with Crippen LogP contribution in [0.2, 0.25) is 10.0 Å². The van der Waals surface area contributed by atoms with Gasteiger partial charge in [-0.1, -0.05) is 29.6 Å². The molecule has 22 heavy (non-hydrogen) atoms. The van der Waals surface area contributed by atoms with Gasteiger partial charge in [0.15, 0.2) is 6.10 Å². The van der Waals surface area contributed by atoms with Crippen molar-refractivity contribution in [1.82, 2.24) is 5.32 Å². The minimum atomic E-state index is -0.878. The van der Waals surface area contributed by atoms with Crippen molar-refractivity contribution < 1.29 is 19.4 Å². The van der Waals surface area contributed by atoms with Crippen LogP contribution in [0.25, 0.3) is 0 Å². The summed E-state index contributed by atoms with van der Waals surface area (Å²) in [5.74, 6) is -1.41. The van der Waals surface area contributed by atoms with Crippen LogP contribution in [-0.2, 0) is 9.59 Å². The molecular formula is C15H17Cl2NO4. The molecule has 1 amide bonds. The molecule has 1 aliphatic rings. The van der Waals surface area contributed by atoms with Crippen LogP contribution in [0.5, 0.6) is 5.75 Å². The second-order valence-electron chi connectivity index (χ2n) is 5.33. The molecule has 0 spiro atoms. The standard InChI is InChI=1S/C15H17Cl2NO4/c1-8(22-13-6-5-9(16)7-11(13)17)14(19)18-12-4-2-3-10(12)15(20)21/h5-8,10,12H,2-4H2,1H3,(H,18,19)(H,20,21)/t8?,10-,12+/m0/s1. The molecule has 0 aromatic heterocycles. The lowest BCUT2D eigenvalue weighted by Crippen LogP contribution is -2.45. The minimum absolute atomic E-state index is 0.316. The van der Waals surface area contributed by atoms with Crippen LogP contribution in [0.4, 0.5) is 0 Å². The second-order valence-corrected chi connectivity index (χ2v) is 6.17. The first kappa shape index (κ1) is 16.9. The lowest BCUT2D eigenvalue weighted by molar-refractivity contribution is -0.142. The summed E-state index contributed by atoms with van der Waals surface area (Å²) in [5, 5.41) is 12.7. The maximum absolute atomic E-state index is 12.2. The molecule has 3 atom stereocenters. The lowest BCUT2D eigenvalue weighted by Gasteiger charge is -2.21. The molecule has 0 radical (unpaired) electrons. The molecule has 0 heterocycles. The lowest BCUT2D eigenvalue weighted by atomic mass is 10.0. The molecule has 1 fully saturated rings. The Hall–Kier alpha value is -1.46. The van der Waals surface area contributed by atoms with Gasteiger partial charge in [0.1, 0.15) is 5.75 Å². The van der Waals surface area contributed by atoms with E-state index >= 15 is 0 Å². The van der Waals surface area contributed by atoms with Crippen molar-refractivity contribution >= 4 is 35.1 Å². The number of ether oxygens (including phenoxy) is 1. The van der Waals surface area contributed by atoms with Crippen LogP contribution in [0.3, 0.4) is 0 Å². The van der Waals surface area contributed by atoms with E-state index < -0.39 is 18.0 Å². The van der Waals surface area contributed by atoms with E-state index in [1.807, 2.05) is 0 Å². The Morgan fingerprint density at radius 2 is 2.09 bits per heavy atom. The van der Waals surface area contributed by atoms with Gasteiger partial charge in [0, 0.05) is 11.1 Å². The fraction of sp³-hybridized carbons (Fsp3) is 0.467. The van der Waals surface area contributed by atoms with Crippen molar-refractivity contribution in [2.24, 2.45) is 5.92 Å². The summed E-state index contributed by atoms with van der Waals surface area (Å²) in [4.78, 5) is 23.3. The van der Waals surface area contributed by atoms with Crippen molar-refractivity contribution in [2.75, 3.05) is 0 Å². The molecule has 0 saturated heterocycles. The predicted octanol–water partition coefficient (Wildman–Crippen LogP) is 3.13. The highest BCUT2D eigenvalue weighted by molar-refractivity contribution is 6.35. The Morgan fingerprint density at radius 3 is 2.73 bits per heavy atom. The SMILES string of the molecule is CC(Oc1ccc(Cl)cc1Cl)C(=O)N[C@@H]1CCC[C@@H]1C(=O)O. The summed E-state index contributed by atoms with van der Waals surface area (Å²) in [6.07, 6.45) is 1.25. The zero-order valence-corrected chi connectivity index (χ0v) is 13.5. The molecule has 5 nitrogen and oxygen atoms in total. The van der Waals surface area contributed by atoms with Gasteiger partial charge in [-0.3, -0.25) is 9.59 Å². The third-order valence-corrected chi connectivity index (χ3v) is 4.26. The molecule has 7 heteroatoms. The number of aliphatic carboxylic acids is 1. The number of carboxylic acid groups (broad SMARTS) is 1. The summed E-state index contributed by atoms with van der Waals surface area (Å²) in [5.41, 5.74) is 0. The summed E-state index contributed by atoms with van der Waals surface area (Å²) >= 11 is 11.8. The Kier molecular flexibility index (Phi) is 5.53. The molecule has 1 aromatic rings. The largest absolute Gasteiger partial charge is 0.481 e. The molecule has 2 N–H and O–H groups in total. The van der Waals surface area contributed by atoms with Crippen LogP contribution in [0, 0.1) is 5.92 Å². The van der Waals surface area contributed by atoms with Crippen molar-refractivity contribution in [1.29, 1.82) is 0 Å². The Bertz CT molecular complexity index is 579. The van der Waals surface area contributed by atoms with Crippen LogP contribution >= 0.6 is 23.2 Å². The van der Waals surface area contributed by atoms with Crippen LogP contribution < -0.4 is 10.1 Å². The van der Waals surface area contributed by atoms with E-state index in [-0.39, 0.29) is 11.9 Å². The first-order chi connectivity index (χ1) is 10.4. The molecule has 1 saturated carbocycles. The van der Waals surface area contributed by atoms with Crippen molar-refractivity contribution in [2.45, 2.75) is 38.3 Å². The van der Waals surface area contributed by atoms with E-state index in [0.717, 1.165) is 6.42 Å². The zero-order chi connectivity index (χ0) is 16.3. The summed E-state index contributed by atoms with van der Waals surface area (Å²) in [6.45, 7) is 1.59. The number of nitrogens with one attached hydrogen (secondary N) is 1. The van der Waals surface area contributed by atoms with E-state index in [9.17, 15) is 9.59 Å². The maximum atomic E-state index is 12.2. The van der Waals surface area contributed by atoms with Crippen molar-refractivity contribution in [3.63, 3.8) is 0 Å². The molecule has 1 aromatic carbocycles. The summed E-state index contributed by atoms with van der Waals surface area (Å²) < 4.78 is 5.52. The van der Waals surface area contributed by atoms with Gasteiger partial charge in [0.25, 0.3) is 5.91 Å². The third-order valence-electron chi connectivity index (χ3n) is 3.73. The molecule has 0 aliphatic heterocycles. The predicted molar refractivity (Wildman–Crippen MR) is 83.5 cm³/mol. The van der Waals surface area contributed by atoms with Gasteiger partial charge < -0.3 is 15.2 Å². The van der Waals surface area contributed by atoms with E-state index in [0.29, 0.717) is 28.6 Å². The second kappa shape index (κ2) is 7.20.